The van der Waals surface area contributed by atoms with Crippen LogP contribution in [0, 0.1) is 0 Å². The van der Waals surface area contributed by atoms with Crippen LogP contribution in [0.3, 0.4) is 0 Å². The molecule has 72 valence electrons. The number of pyridine rings is 1. The first kappa shape index (κ1) is 8.74. The third kappa shape index (κ3) is 1.35. The Balaban J connectivity index is 2.48. The van der Waals surface area contributed by atoms with E-state index in [0.29, 0.717) is 0 Å². The van der Waals surface area contributed by atoms with Crippen molar-refractivity contribution in [3.8, 4) is 0 Å². The third-order valence-electron chi connectivity index (χ3n) is 2.30. The van der Waals surface area contributed by atoms with Gasteiger partial charge in [0.1, 0.15) is 0 Å². The quantitative estimate of drug-likeness (QED) is 0.781. The number of nitrogens with zero attached hydrogens (tertiary/aromatic N) is 2. The van der Waals surface area contributed by atoms with Crippen molar-refractivity contribution in [2.45, 2.75) is 12.8 Å². The van der Waals surface area contributed by atoms with Gasteiger partial charge >= 0.3 is 5.97 Å². The maximum Gasteiger partial charge on any atom is 0.310 e. The molecule has 1 unspecified atom stereocenters. The van der Waals surface area contributed by atoms with Gasteiger partial charge in [0, 0.05) is 6.20 Å². The molecule has 1 atom stereocenters. The molecule has 2 heterocycles. The zero-order valence-electron chi connectivity index (χ0n) is 7.71. The number of aromatic nitrogens is 2. The minimum Gasteiger partial charge on any atom is -0.481 e. The molecular weight excluding hydrogens is 180 g/mol. The van der Waals surface area contributed by atoms with E-state index in [1.54, 1.807) is 25.6 Å². The Labute approximate surface area is 80.8 Å². The molecule has 0 amide bonds. The maximum absolute atomic E-state index is 10.7. The highest BCUT2D eigenvalue weighted by molar-refractivity contribution is 5.75. The molecule has 2 aromatic heterocycles. The van der Waals surface area contributed by atoms with Crippen molar-refractivity contribution < 1.29 is 9.90 Å². The lowest BCUT2D eigenvalue weighted by Crippen LogP contribution is -2.07. The minimum atomic E-state index is -0.815. The molecule has 0 aromatic carbocycles. The summed E-state index contributed by atoms with van der Waals surface area (Å²) in [6.07, 6.45) is 5.18. The van der Waals surface area contributed by atoms with Crippen LogP contribution in [-0.2, 0) is 4.79 Å². The van der Waals surface area contributed by atoms with Gasteiger partial charge in [-0.25, -0.2) is 4.98 Å². The summed E-state index contributed by atoms with van der Waals surface area (Å²) in [6, 6.07) is 3.68. The van der Waals surface area contributed by atoms with Crippen molar-refractivity contribution in [1.29, 1.82) is 0 Å². The summed E-state index contributed by atoms with van der Waals surface area (Å²) in [5.74, 6) is -1.30. The molecule has 1 N–H and O–H groups in total. The van der Waals surface area contributed by atoms with Crippen molar-refractivity contribution in [1.82, 2.24) is 9.38 Å². The van der Waals surface area contributed by atoms with Gasteiger partial charge in [-0.3, -0.25) is 4.79 Å². The van der Waals surface area contributed by atoms with Gasteiger partial charge in [0.05, 0.1) is 24.0 Å². The Kier molecular flexibility index (Phi) is 1.96. The second-order valence-electron chi connectivity index (χ2n) is 3.25. The molecule has 14 heavy (non-hydrogen) atoms. The van der Waals surface area contributed by atoms with Crippen LogP contribution in [-0.4, -0.2) is 20.5 Å². The summed E-state index contributed by atoms with van der Waals surface area (Å²) in [5.41, 5.74) is 1.74. The van der Waals surface area contributed by atoms with Crippen molar-refractivity contribution in [2.75, 3.05) is 0 Å². The molecule has 0 saturated carbocycles. The highest BCUT2D eigenvalue weighted by atomic mass is 16.4. The summed E-state index contributed by atoms with van der Waals surface area (Å²) in [5, 5.41) is 8.83. The average molecular weight is 190 g/mol. The summed E-state index contributed by atoms with van der Waals surface area (Å²) >= 11 is 0. The molecule has 4 heteroatoms. The van der Waals surface area contributed by atoms with Crippen LogP contribution in [0.1, 0.15) is 18.4 Å². The van der Waals surface area contributed by atoms with Crippen LogP contribution in [0.5, 0.6) is 0 Å². The van der Waals surface area contributed by atoms with E-state index < -0.39 is 11.9 Å². The number of aliphatic carboxylic acids is 1. The fourth-order valence-electron chi connectivity index (χ4n) is 1.34. The topological polar surface area (TPSA) is 54.6 Å². The van der Waals surface area contributed by atoms with Crippen LogP contribution in [0.2, 0.25) is 0 Å². The number of carbonyl (C=O) groups is 1. The second-order valence-corrected chi connectivity index (χ2v) is 3.25. The lowest BCUT2D eigenvalue weighted by molar-refractivity contribution is -0.138. The molecule has 0 saturated heterocycles. The van der Waals surface area contributed by atoms with E-state index in [9.17, 15) is 4.79 Å². The Morgan fingerprint density at radius 2 is 2.36 bits per heavy atom. The van der Waals surface area contributed by atoms with E-state index in [2.05, 4.69) is 4.98 Å². The zero-order chi connectivity index (χ0) is 10.1. The number of carboxylic acids is 1. The van der Waals surface area contributed by atoms with E-state index in [1.807, 2.05) is 16.5 Å². The average Bonchev–Trinajstić information content (AvgIpc) is 2.62. The van der Waals surface area contributed by atoms with Crippen molar-refractivity contribution in [3.05, 3.63) is 36.4 Å². The van der Waals surface area contributed by atoms with Crippen LogP contribution in [0.25, 0.3) is 5.52 Å². The minimum absolute atomic E-state index is 0.484. The molecule has 2 rings (SSSR count). The number of fused-ring (bicyclic) bond motifs is 1. The molecule has 2 aromatic rings. The van der Waals surface area contributed by atoms with Crippen LogP contribution in [0.4, 0.5) is 0 Å². The Morgan fingerprint density at radius 3 is 3.07 bits per heavy atom. The first-order valence-electron chi connectivity index (χ1n) is 4.33. The molecule has 0 radical (unpaired) electrons. The normalized spacial score (nSPS) is 12.9. The van der Waals surface area contributed by atoms with E-state index in [4.69, 9.17) is 5.11 Å². The largest absolute Gasteiger partial charge is 0.481 e. The van der Waals surface area contributed by atoms with E-state index in [-0.39, 0.29) is 0 Å². The smallest absolute Gasteiger partial charge is 0.310 e. The first-order chi connectivity index (χ1) is 6.68. The Bertz CT molecular complexity index is 476. The lowest BCUT2D eigenvalue weighted by atomic mass is 10.0. The fraction of sp³-hybridized carbons (Fsp3) is 0.200. The standard InChI is InChI=1S/C10H10N2O2/c1-7(10(13)14)8-2-3-9-4-11-6-12(9)5-8/h2-7H,1H3,(H,13,14). The molecule has 0 spiro atoms. The van der Waals surface area contributed by atoms with Crippen molar-refractivity contribution >= 4 is 11.5 Å². The molecule has 0 fully saturated rings. The molecule has 4 nitrogen and oxygen atoms in total. The second kappa shape index (κ2) is 3.14. The predicted octanol–water partition coefficient (Wildman–Crippen LogP) is 1.52. The fourth-order valence-corrected chi connectivity index (χ4v) is 1.34. The number of hydrogen-bond acceptors (Lipinski definition) is 2. The summed E-state index contributed by atoms with van der Waals surface area (Å²) < 4.78 is 1.81. The predicted molar refractivity (Wildman–Crippen MR) is 51.2 cm³/mol. The van der Waals surface area contributed by atoms with Crippen LogP contribution >= 0.6 is 0 Å². The number of rotatable bonds is 2. The molecule has 0 aliphatic carbocycles. The summed E-state index contributed by atoms with van der Waals surface area (Å²) in [7, 11) is 0. The van der Waals surface area contributed by atoms with E-state index in [1.165, 1.54) is 0 Å². The molecular formula is C10H10N2O2. The Morgan fingerprint density at radius 1 is 1.57 bits per heavy atom. The van der Waals surface area contributed by atoms with Gasteiger partial charge in [0.2, 0.25) is 0 Å². The number of carboxylic acid groups (broad SMARTS) is 1. The van der Waals surface area contributed by atoms with E-state index >= 15 is 0 Å². The van der Waals surface area contributed by atoms with Gasteiger partial charge in [0.25, 0.3) is 0 Å². The van der Waals surface area contributed by atoms with Gasteiger partial charge in [0.15, 0.2) is 0 Å². The molecule has 0 aliphatic heterocycles. The molecule has 0 aliphatic rings. The monoisotopic (exact) mass is 190 g/mol. The number of imidazole rings is 1. The van der Waals surface area contributed by atoms with E-state index in [0.717, 1.165) is 11.1 Å². The van der Waals surface area contributed by atoms with Gasteiger partial charge in [-0.1, -0.05) is 6.07 Å². The maximum atomic E-state index is 10.7. The van der Waals surface area contributed by atoms with Crippen molar-refractivity contribution in [2.24, 2.45) is 0 Å². The first-order valence-corrected chi connectivity index (χ1v) is 4.33. The van der Waals surface area contributed by atoms with Gasteiger partial charge in [-0.15, -0.1) is 0 Å². The van der Waals surface area contributed by atoms with Gasteiger partial charge in [-0.05, 0) is 18.6 Å². The summed E-state index contributed by atoms with van der Waals surface area (Å²) in [4.78, 5) is 14.7. The highest BCUT2D eigenvalue weighted by Crippen LogP contribution is 2.16. The summed E-state index contributed by atoms with van der Waals surface area (Å²) in [6.45, 7) is 1.67. The van der Waals surface area contributed by atoms with Crippen LogP contribution < -0.4 is 0 Å². The lowest BCUT2D eigenvalue weighted by Gasteiger charge is -2.06. The number of hydrogen-bond donors (Lipinski definition) is 1. The van der Waals surface area contributed by atoms with Crippen LogP contribution in [0.15, 0.2) is 30.9 Å². The SMILES string of the molecule is CC(C(=O)O)c1ccc2cncn2c1. The highest BCUT2D eigenvalue weighted by Gasteiger charge is 2.13. The Hall–Kier alpha value is -1.84. The third-order valence-corrected chi connectivity index (χ3v) is 2.30. The van der Waals surface area contributed by atoms with Gasteiger partial charge in [-0.2, -0.15) is 0 Å². The molecule has 0 bridgehead atoms. The van der Waals surface area contributed by atoms with Gasteiger partial charge < -0.3 is 9.51 Å². The zero-order valence-corrected chi connectivity index (χ0v) is 7.71. The van der Waals surface area contributed by atoms with Crippen molar-refractivity contribution in [3.63, 3.8) is 0 Å².